The van der Waals surface area contributed by atoms with Gasteiger partial charge in [-0.25, -0.2) is 0 Å². The van der Waals surface area contributed by atoms with E-state index in [-0.39, 0.29) is 17.9 Å². The molecule has 24 heavy (non-hydrogen) atoms. The molecule has 0 radical (unpaired) electrons. The predicted molar refractivity (Wildman–Crippen MR) is 88.7 cm³/mol. The molecule has 0 spiro atoms. The van der Waals surface area contributed by atoms with E-state index in [2.05, 4.69) is 24.3 Å². The van der Waals surface area contributed by atoms with Crippen molar-refractivity contribution < 1.29 is 14.3 Å². The zero-order valence-electron chi connectivity index (χ0n) is 14.5. The third-order valence-corrected chi connectivity index (χ3v) is 4.61. The number of likely N-dealkylation sites (tertiary alicyclic amines) is 1. The molecule has 0 aromatic carbocycles. The van der Waals surface area contributed by atoms with Crippen LogP contribution in [0.2, 0.25) is 0 Å². The van der Waals surface area contributed by atoms with Crippen LogP contribution in [-0.4, -0.2) is 52.7 Å². The van der Waals surface area contributed by atoms with E-state index < -0.39 is 0 Å². The summed E-state index contributed by atoms with van der Waals surface area (Å²) < 4.78 is 7.45. The van der Waals surface area contributed by atoms with Crippen LogP contribution in [-0.2, 0) is 22.6 Å². The van der Waals surface area contributed by atoms with E-state index in [1.165, 1.54) is 0 Å². The van der Waals surface area contributed by atoms with Gasteiger partial charge in [-0.2, -0.15) is 5.10 Å². The summed E-state index contributed by atoms with van der Waals surface area (Å²) in [5.41, 5.74) is 2.52. The number of amides is 2. The number of aromatic nitrogens is 2. The van der Waals surface area contributed by atoms with Crippen molar-refractivity contribution in [2.75, 3.05) is 26.2 Å². The smallest absolute Gasteiger partial charge is 0.272 e. The minimum atomic E-state index is -0.149. The lowest BCUT2D eigenvalue weighted by atomic mass is 10.1. The summed E-state index contributed by atoms with van der Waals surface area (Å²) in [5.74, 6) is 0.0760. The van der Waals surface area contributed by atoms with Gasteiger partial charge in [0.05, 0.1) is 13.2 Å². The van der Waals surface area contributed by atoms with Gasteiger partial charge in [-0.15, -0.1) is 0 Å². The first-order valence-corrected chi connectivity index (χ1v) is 8.82. The lowest BCUT2D eigenvalue weighted by Gasteiger charge is -2.16. The van der Waals surface area contributed by atoms with Crippen molar-refractivity contribution >= 4 is 11.8 Å². The third kappa shape index (κ3) is 3.45. The highest BCUT2D eigenvalue weighted by Gasteiger charge is 2.26. The molecular formula is C17H26N4O3. The van der Waals surface area contributed by atoms with Crippen LogP contribution in [0.4, 0.5) is 0 Å². The Morgan fingerprint density at radius 1 is 1.38 bits per heavy atom. The topological polar surface area (TPSA) is 76.5 Å². The number of nitrogens with zero attached hydrogens (tertiary/aromatic N) is 3. The fourth-order valence-corrected chi connectivity index (χ4v) is 3.37. The second-order valence-corrected chi connectivity index (χ2v) is 6.71. The predicted octanol–water partition coefficient (Wildman–Crippen LogP) is 1.28. The summed E-state index contributed by atoms with van der Waals surface area (Å²) in [7, 11) is 0. The van der Waals surface area contributed by atoms with Crippen LogP contribution >= 0.6 is 0 Å². The van der Waals surface area contributed by atoms with Crippen LogP contribution in [0.1, 0.15) is 60.9 Å². The molecule has 1 aromatic heterocycles. The Balaban J connectivity index is 1.58. The second-order valence-electron chi connectivity index (χ2n) is 6.71. The summed E-state index contributed by atoms with van der Waals surface area (Å²) in [6, 6.07) is 0.222. The molecule has 132 valence electrons. The molecule has 7 nitrogen and oxygen atoms in total. The summed E-state index contributed by atoms with van der Waals surface area (Å²) >= 11 is 0. The molecule has 1 N–H and O–H groups in total. The Labute approximate surface area is 142 Å². The summed E-state index contributed by atoms with van der Waals surface area (Å²) in [6.45, 7) is 7.36. The molecule has 0 aliphatic carbocycles. The molecule has 1 saturated heterocycles. The number of fused-ring (bicyclic) bond motifs is 1. The molecule has 1 fully saturated rings. The molecule has 0 bridgehead atoms. The van der Waals surface area contributed by atoms with Crippen molar-refractivity contribution in [2.45, 2.75) is 52.2 Å². The van der Waals surface area contributed by atoms with Gasteiger partial charge >= 0.3 is 0 Å². The standard InChI is InChI=1S/C17H26N4O3/c1-12(2)21-14-6-10-24-11-13(14)16(19-21)17(23)18-7-4-9-20-8-3-5-15(20)22/h12H,3-11H2,1-2H3,(H,18,23). The van der Waals surface area contributed by atoms with Crippen molar-refractivity contribution in [1.82, 2.24) is 20.0 Å². The van der Waals surface area contributed by atoms with Gasteiger partial charge in [-0.05, 0) is 26.7 Å². The maximum Gasteiger partial charge on any atom is 0.272 e. The second kappa shape index (κ2) is 7.34. The van der Waals surface area contributed by atoms with E-state index in [0.29, 0.717) is 38.4 Å². The Kier molecular flexibility index (Phi) is 5.18. The lowest BCUT2D eigenvalue weighted by molar-refractivity contribution is -0.127. The average Bonchev–Trinajstić information content (AvgIpc) is 3.15. The highest BCUT2D eigenvalue weighted by molar-refractivity contribution is 5.94. The van der Waals surface area contributed by atoms with Crippen molar-refractivity contribution in [3.8, 4) is 0 Å². The van der Waals surface area contributed by atoms with E-state index in [1.54, 1.807) is 0 Å². The fourth-order valence-electron chi connectivity index (χ4n) is 3.37. The van der Waals surface area contributed by atoms with E-state index >= 15 is 0 Å². The zero-order chi connectivity index (χ0) is 17.1. The molecule has 0 saturated carbocycles. The van der Waals surface area contributed by atoms with Crippen molar-refractivity contribution in [1.29, 1.82) is 0 Å². The van der Waals surface area contributed by atoms with Gasteiger partial charge in [0.1, 0.15) is 0 Å². The molecule has 0 atom stereocenters. The van der Waals surface area contributed by atoms with Crippen molar-refractivity contribution in [2.24, 2.45) is 0 Å². The maximum absolute atomic E-state index is 12.5. The fraction of sp³-hybridized carbons (Fsp3) is 0.706. The van der Waals surface area contributed by atoms with Crippen LogP contribution in [0.15, 0.2) is 0 Å². The SMILES string of the molecule is CC(C)n1nc(C(=O)NCCCN2CCCC2=O)c2c1CCOC2. The number of nitrogens with one attached hydrogen (secondary N) is 1. The highest BCUT2D eigenvalue weighted by Crippen LogP contribution is 2.23. The molecule has 3 rings (SSSR count). The average molecular weight is 334 g/mol. The van der Waals surface area contributed by atoms with Crippen LogP contribution in [0, 0.1) is 0 Å². The summed E-state index contributed by atoms with van der Waals surface area (Å²) in [6.07, 6.45) is 3.17. The van der Waals surface area contributed by atoms with Crippen LogP contribution < -0.4 is 5.32 Å². The monoisotopic (exact) mass is 334 g/mol. The number of carbonyl (C=O) groups is 2. The highest BCUT2D eigenvalue weighted by atomic mass is 16.5. The number of hydrogen-bond donors (Lipinski definition) is 1. The third-order valence-electron chi connectivity index (χ3n) is 4.61. The largest absolute Gasteiger partial charge is 0.376 e. The van der Waals surface area contributed by atoms with Crippen molar-refractivity contribution in [3.63, 3.8) is 0 Å². The minimum absolute atomic E-state index is 0.149. The molecule has 2 aliphatic rings. The number of hydrogen-bond acceptors (Lipinski definition) is 4. The Hall–Kier alpha value is -1.89. The molecular weight excluding hydrogens is 308 g/mol. The zero-order valence-corrected chi connectivity index (χ0v) is 14.5. The van der Waals surface area contributed by atoms with Gasteiger partial charge in [0.25, 0.3) is 5.91 Å². The Morgan fingerprint density at radius 2 is 2.21 bits per heavy atom. The first-order chi connectivity index (χ1) is 11.6. The van der Waals surface area contributed by atoms with Gasteiger partial charge in [0, 0.05) is 49.8 Å². The van der Waals surface area contributed by atoms with Gasteiger partial charge in [-0.3, -0.25) is 14.3 Å². The summed E-state index contributed by atoms with van der Waals surface area (Å²) in [5, 5.41) is 7.45. The van der Waals surface area contributed by atoms with E-state index in [9.17, 15) is 9.59 Å². The van der Waals surface area contributed by atoms with E-state index in [4.69, 9.17) is 4.74 Å². The van der Waals surface area contributed by atoms with Gasteiger partial charge in [-0.1, -0.05) is 0 Å². The Bertz CT molecular complexity index is 624. The quantitative estimate of drug-likeness (QED) is 0.795. The Morgan fingerprint density at radius 3 is 2.92 bits per heavy atom. The van der Waals surface area contributed by atoms with Crippen molar-refractivity contribution in [3.05, 3.63) is 17.0 Å². The number of ether oxygens (including phenoxy) is 1. The normalized spacial score (nSPS) is 17.5. The number of rotatable bonds is 6. The molecule has 0 unspecified atom stereocenters. The number of carbonyl (C=O) groups excluding carboxylic acids is 2. The molecule has 7 heteroatoms. The first-order valence-electron chi connectivity index (χ1n) is 8.82. The van der Waals surface area contributed by atoms with Crippen LogP contribution in [0.25, 0.3) is 0 Å². The van der Waals surface area contributed by atoms with Gasteiger partial charge in [0.15, 0.2) is 5.69 Å². The first kappa shape index (κ1) is 17.0. The van der Waals surface area contributed by atoms with Gasteiger partial charge < -0.3 is 15.0 Å². The molecule has 3 heterocycles. The summed E-state index contributed by atoms with van der Waals surface area (Å²) in [4.78, 5) is 25.9. The van der Waals surface area contributed by atoms with E-state index in [1.807, 2.05) is 9.58 Å². The maximum atomic E-state index is 12.5. The molecule has 2 aliphatic heterocycles. The van der Waals surface area contributed by atoms with Crippen LogP contribution in [0.5, 0.6) is 0 Å². The van der Waals surface area contributed by atoms with E-state index in [0.717, 1.165) is 37.1 Å². The van der Waals surface area contributed by atoms with Gasteiger partial charge in [0.2, 0.25) is 5.91 Å². The van der Waals surface area contributed by atoms with Crippen LogP contribution in [0.3, 0.4) is 0 Å². The molecule has 2 amide bonds. The lowest BCUT2D eigenvalue weighted by Crippen LogP contribution is -2.31. The minimum Gasteiger partial charge on any atom is -0.376 e. The molecule has 1 aromatic rings.